The number of hydrogen-bond acceptors (Lipinski definition) is 4. The van der Waals surface area contributed by atoms with Gasteiger partial charge in [-0.3, -0.25) is 4.79 Å². The fourth-order valence-electron chi connectivity index (χ4n) is 2.98. The number of aliphatic carboxylic acids is 1. The highest BCUT2D eigenvalue weighted by Gasteiger charge is 2.29. The molecule has 0 saturated heterocycles. The van der Waals surface area contributed by atoms with Crippen molar-refractivity contribution >= 4 is 11.9 Å². The Kier molecular flexibility index (Phi) is 4.80. The number of fused-ring (bicyclic) bond motifs is 1. The molecule has 1 aromatic heterocycles. The van der Waals surface area contributed by atoms with Crippen LogP contribution in [0, 0.1) is 5.82 Å². The summed E-state index contributed by atoms with van der Waals surface area (Å²) in [5.41, 5.74) is 2.57. The molecule has 2 N–H and O–H groups in total. The summed E-state index contributed by atoms with van der Waals surface area (Å²) in [7, 11) is 1.36. The van der Waals surface area contributed by atoms with E-state index < -0.39 is 17.9 Å². The molecule has 1 aromatic carbocycles. The van der Waals surface area contributed by atoms with Gasteiger partial charge in [-0.05, 0) is 43.5 Å². The lowest BCUT2D eigenvalue weighted by Gasteiger charge is -2.12. The number of ether oxygens (including phenoxy) is 1. The van der Waals surface area contributed by atoms with E-state index in [1.165, 1.54) is 19.2 Å². The molecule has 7 nitrogen and oxygen atoms in total. The van der Waals surface area contributed by atoms with Gasteiger partial charge in [0.15, 0.2) is 11.7 Å². The predicted octanol–water partition coefficient (Wildman–Crippen LogP) is 1.33. The molecule has 0 bridgehead atoms. The second kappa shape index (κ2) is 7.02. The Labute approximate surface area is 143 Å². The average Bonchev–Trinajstić information content (AvgIpc) is 3.17. The fourth-order valence-corrected chi connectivity index (χ4v) is 2.98. The van der Waals surface area contributed by atoms with E-state index in [2.05, 4.69) is 10.4 Å². The molecule has 132 valence electrons. The Hall–Kier alpha value is -2.74. The number of nitrogens with one attached hydrogen (secondary N) is 1. The minimum atomic E-state index is -1.18. The summed E-state index contributed by atoms with van der Waals surface area (Å²) in [5, 5.41) is 15.9. The molecule has 1 heterocycles. The van der Waals surface area contributed by atoms with Crippen molar-refractivity contribution in [2.24, 2.45) is 0 Å². The first-order valence-electron chi connectivity index (χ1n) is 7.90. The summed E-state index contributed by atoms with van der Waals surface area (Å²) in [6, 6.07) is 4.70. The number of nitrogens with zero attached hydrogens (tertiary/aromatic N) is 2. The summed E-state index contributed by atoms with van der Waals surface area (Å²) in [6.45, 7) is -0.137. The van der Waals surface area contributed by atoms with Gasteiger partial charge in [0.1, 0.15) is 5.82 Å². The minimum Gasteiger partial charge on any atom is -0.480 e. The summed E-state index contributed by atoms with van der Waals surface area (Å²) in [6.07, 6.45) is 2.34. The minimum absolute atomic E-state index is 0.137. The smallest absolute Gasteiger partial charge is 0.328 e. The topological polar surface area (TPSA) is 93.5 Å². The molecule has 1 aliphatic rings. The van der Waals surface area contributed by atoms with Gasteiger partial charge >= 0.3 is 5.97 Å². The number of benzene rings is 1. The molecule has 0 fully saturated rings. The Morgan fingerprint density at radius 3 is 2.72 bits per heavy atom. The van der Waals surface area contributed by atoms with Crippen LogP contribution in [0.4, 0.5) is 4.39 Å². The van der Waals surface area contributed by atoms with Gasteiger partial charge in [0.2, 0.25) is 0 Å². The van der Waals surface area contributed by atoms with E-state index in [-0.39, 0.29) is 18.1 Å². The molecule has 1 amide bonds. The summed E-state index contributed by atoms with van der Waals surface area (Å²) in [4.78, 5) is 23.7. The van der Waals surface area contributed by atoms with Crippen LogP contribution in [-0.4, -0.2) is 46.5 Å². The third-order valence-corrected chi connectivity index (χ3v) is 4.15. The van der Waals surface area contributed by atoms with Gasteiger partial charge in [0, 0.05) is 18.4 Å². The molecule has 1 unspecified atom stereocenters. The first kappa shape index (κ1) is 17.1. The number of hydrogen-bond donors (Lipinski definition) is 2. The van der Waals surface area contributed by atoms with E-state index in [0.29, 0.717) is 12.1 Å². The zero-order chi connectivity index (χ0) is 18.0. The standard InChI is InChI=1S/C17H18FN3O4/c1-25-9-13(17(23)24)19-16(22)15-12-3-2-4-14(12)21(20-15)11-7-5-10(18)6-8-11/h5-8,13H,2-4,9H2,1H3,(H,19,22)(H,23,24). The number of methoxy groups -OCH3 is 1. The van der Waals surface area contributed by atoms with Crippen LogP contribution in [0.25, 0.3) is 5.69 Å². The van der Waals surface area contributed by atoms with Crippen LogP contribution in [0.3, 0.4) is 0 Å². The Bertz CT molecular complexity index is 801. The highest BCUT2D eigenvalue weighted by atomic mass is 19.1. The van der Waals surface area contributed by atoms with E-state index in [0.717, 1.165) is 24.1 Å². The van der Waals surface area contributed by atoms with Crippen LogP contribution in [0.5, 0.6) is 0 Å². The van der Waals surface area contributed by atoms with Crippen molar-refractivity contribution in [3.8, 4) is 5.69 Å². The van der Waals surface area contributed by atoms with Crippen LogP contribution >= 0.6 is 0 Å². The monoisotopic (exact) mass is 347 g/mol. The lowest BCUT2D eigenvalue weighted by molar-refractivity contribution is -0.140. The zero-order valence-electron chi connectivity index (χ0n) is 13.7. The van der Waals surface area contributed by atoms with Crippen molar-refractivity contribution in [2.75, 3.05) is 13.7 Å². The van der Waals surface area contributed by atoms with Gasteiger partial charge < -0.3 is 15.2 Å². The van der Waals surface area contributed by atoms with Gasteiger partial charge in [-0.1, -0.05) is 0 Å². The van der Waals surface area contributed by atoms with Gasteiger partial charge in [-0.15, -0.1) is 0 Å². The Morgan fingerprint density at radius 2 is 2.08 bits per heavy atom. The number of amides is 1. The second-order valence-electron chi connectivity index (χ2n) is 5.84. The molecular formula is C17H18FN3O4. The molecule has 0 aliphatic heterocycles. The quantitative estimate of drug-likeness (QED) is 0.822. The second-order valence-corrected chi connectivity index (χ2v) is 5.84. The Morgan fingerprint density at radius 1 is 1.36 bits per heavy atom. The SMILES string of the molecule is COCC(NC(=O)c1nn(-c2ccc(F)cc2)c2c1CCC2)C(=O)O. The average molecular weight is 347 g/mol. The van der Waals surface area contributed by atoms with Crippen LogP contribution in [-0.2, 0) is 22.4 Å². The first-order chi connectivity index (χ1) is 12.0. The fraction of sp³-hybridized carbons (Fsp3) is 0.353. The van der Waals surface area contributed by atoms with E-state index in [1.807, 2.05) is 0 Å². The van der Waals surface area contributed by atoms with E-state index in [9.17, 15) is 14.0 Å². The zero-order valence-corrected chi connectivity index (χ0v) is 13.7. The van der Waals surface area contributed by atoms with E-state index in [1.54, 1.807) is 16.8 Å². The van der Waals surface area contributed by atoms with Crippen molar-refractivity contribution in [1.82, 2.24) is 15.1 Å². The predicted molar refractivity (Wildman–Crippen MR) is 86.3 cm³/mol. The molecule has 0 radical (unpaired) electrons. The molecule has 8 heteroatoms. The van der Waals surface area contributed by atoms with Crippen LogP contribution in [0.15, 0.2) is 24.3 Å². The highest BCUT2D eigenvalue weighted by Crippen LogP contribution is 2.28. The van der Waals surface area contributed by atoms with Crippen molar-refractivity contribution in [3.63, 3.8) is 0 Å². The largest absolute Gasteiger partial charge is 0.480 e. The summed E-state index contributed by atoms with van der Waals surface area (Å²) < 4.78 is 19.6. The van der Waals surface area contributed by atoms with Crippen LogP contribution < -0.4 is 5.32 Å². The maximum atomic E-state index is 13.1. The van der Waals surface area contributed by atoms with Crippen molar-refractivity contribution < 1.29 is 23.8 Å². The lowest BCUT2D eigenvalue weighted by atomic mass is 10.2. The van der Waals surface area contributed by atoms with Crippen molar-refractivity contribution in [3.05, 3.63) is 47.0 Å². The molecule has 1 atom stereocenters. The van der Waals surface area contributed by atoms with Crippen LogP contribution in [0.2, 0.25) is 0 Å². The highest BCUT2D eigenvalue weighted by molar-refractivity contribution is 5.96. The number of carboxylic acid groups (broad SMARTS) is 1. The van der Waals surface area contributed by atoms with E-state index >= 15 is 0 Å². The molecule has 1 aliphatic carbocycles. The maximum absolute atomic E-state index is 13.1. The number of aromatic nitrogens is 2. The van der Waals surface area contributed by atoms with Gasteiger partial charge in [-0.25, -0.2) is 13.9 Å². The number of carboxylic acids is 1. The number of carbonyl (C=O) groups excluding carboxylic acids is 1. The Balaban J connectivity index is 1.92. The first-order valence-corrected chi connectivity index (χ1v) is 7.90. The number of halogens is 1. The third kappa shape index (κ3) is 3.39. The maximum Gasteiger partial charge on any atom is 0.328 e. The molecule has 0 saturated carbocycles. The lowest BCUT2D eigenvalue weighted by Crippen LogP contribution is -2.44. The normalized spacial score (nSPS) is 14.2. The van der Waals surface area contributed by atoms with Gasteiger partial charge in [0.25, 0.3) is 5.91 Å². The van der Waals surface area contributed by atoms with Crippen molar-refractivity contribution in [2.45, 2.75) is 25.3 Å². The molecule has 3 rings (SSSR count). The summed E-state index contributed by atoms with van der Waals surface area (Å²) >= 11 is 0. The third-order valence-electron chi connectivity index (χ3n) is 4.15. The van der Waals surface area contributed by atoms with Gasteiger partial charge in [-0.2, -0.15) is 5.10 Å². The number of carbonyl (C=O) groups is 2. The van der Waals surface area contributed by atoms with Gasteiger partial charge in [0.05, 0.1) is 12.3 Å². The molecular weight excluding hydrogens is 329 g/mol. The van der Waals surface area contributed by atoms with Crippen LogP contribution in [0.1, 0.15) is 28.2 Å². The summed E-state index contributed by atoms with van der Waals surface area (Å²) in [5.74, 6) is -2.08. The molecule has 2 aromatic rings. The van der Waals surface area contributed by atoms with Crippen molar-refractivity contribution in [1.29, 1.82) is 0 Å². The molecule has 25 heavy (non-hydrogen) atoms. The van der Waals surface area contributed by atoms with E-state index in [4.69, 9.17) is 9.84 Å². The number of rotatable bonds is 6. The molecule has 0 spiro atoms.